The van der Waals surface area contributed by atoms with Gasteiger partial charge < -0.3 is 9.84 Å². The summed E-state index contributed by atoms with van der Waals surface area (Å²) in [6.45, 7) is 16.9. The minimum Gasteiger partial charge on any atom is -0.460 e. The Labute approximate surface area is 234 Å². The minimum absolute atomic E-state index is 0.0326. The first-order chi connectivity index (χ1) is 18.1. The molecule has 1 aromatic carbocycles. The molecule has 1 aromatic rings. The van der Waals surface area contributed by atoms with Crippen LogP contribution in [0.15, 0.2) is 41.8 Å². The summed E-state index contributed by atoms with van der Waals surface area (Å²) in [5, 5.41) is 11.6. The predicted octanol–water partition coefficient (Wildman–Crippen LogP) is 5.63. The van der Waals surface area contributed by atoms with Gasteiger partial charge in [-0.1, -0.05) is 64.8 Å². The topological polar surface area (TPSA) is 107 Å². The van der Waals surface area contributed by atoms with Crippen LogP contribution in [0, 0.1) is 40.9 Å². The number of esters is 1. The maximum atomic E-state index is 13.6. The number of aliphatic hydroxyl groups is 1. The van der Waals surface area contributed by atoms with Gasteiger partial charge in [0.2, 0.25) is 0 Å². The summed E-state index contributed by atoms with van der Waals surface area (Å²) in [4.78, 5) is 26.4. The van der Waals surface area contributed by atoms with Crippen molar-refractivity contribution in [3.63, 3.8) is 0 Å². The van der Waals surface area contributed by atoms with E-state index in [9.17, 15) is 23.1 Å². The highest BCUT2D eigenvalue weighted by atomic mass is 32.2. The van der Waals surface area contributed by atoms with E-state index in [0.29, 0.717) is 19.3 Å². The molecule has 7 nitrogen and oxygen atoms in total. The zero-order valence-corrected chi connectivity index (χ0v) is 25.3. The van der Waals surface area contributed by atoms with Crippen molar-refractivity contribution in [1.29, 1.82) is 0 Å². The highest BCUT2D eigenvalue weighted by Gasteiger charge is 2.65. The van der Waals surface area contributed by atoms with E-state index in [1.54, 1.807) is 25.1 Å². The third kappa shape index (κ3) is 5.75. The number of aliphatic hydroxyl groups excluding tert-OH is 1. The Hall–Kier alpha value is -2.03. The molecule has 0 unspecified atom stereocenters. The molecule has 2 fully saturated rings. The molecule has 2 saturated carbocycles. The molecule has 3 rings (SSSR count). The van der Waals surface area contributed by atoms with Crippen LogP contribution in [0.25, 0.3) is 0 Å². The second-order valence-corrected chi connectivity index (χ2v) is 14.2. The fourth-order valence-electron chi connectivity index (χ4n) is 7.34. The van der Waals surface area contributed by atoms with Gasteiger partial charge in [0.05, 0.1) is 11.0 Å². The third-order valence-electron chi connectivity index (χ3n) is 10.1. The molecular formula is C31H46O7S. The van der Waals surface area contributed by atoms with Crippen molar-refractivity contribution in [2.24, 2.45) is 34.0 Å². The monoisotopic (exact) mass is 562 g/mol. The molecule has 2 aliphatic rings. The van der Waals surface area contributed by atoms with Crippen molar-refractivity contribution >= 4 is 21.9 Å². The van der Waals surface area contributed by atoms with Crippen molar-refractivity contribution in [1.82, 2.24) is 0 Å². The standard InChI is InChI=1S/C31H46O7S/c1-9-24(28(34)29(6,7)10-2)31-17-15-21(4)30(8,27(31)25(32)16-18-31)22(5)38-26(33)19-37-39(35,36)23-13-11-20(3)12-14-23/h10-14,21-22,24,27-28,34H,2,9,15-19H2,1,3-8H3/t21-,22-,24+,27+,28+,30+,31+/m1/s1. The number of benzene rings is 1. The third-order valence-corrected chi connectivity index (χ3v) is 11.4. The van der Waals surface area contributed by atoms with E-state index < -0.39 is 57.1 Å². The fourth-order valence-corrected chi connectivity index (χ4v) is 8.20. The molecule has 1 N–H and O–H groups in total. The van der Waals surface area contributed by atoms with Crippen molar-refractivity contribution in [2.75, 3.05) is 6.61 Å². The van der Waals surface area contributed by atoms with Crippen molar-refractivity contribution in [2.45, 2.75) is 97.7 Å². The Morgan fingerprint density at radius 3 is 2.44 bits per heavy atom. The molecule has 218 valence electrons. The molecule has 8 heteroatoms. The normalized spacial score (nSPS) is 29.8. The van der Waals surface area contributed by atoms with Gasteiger partial charge in [0, 0.05) is 23.2 Å². The molecule has 2 aliphatic carbocycles. The number of rotatable bonds is 11. The van der Waals surface area contributed by atoms with Gasteiger partial charge in [0.1, 0.15) is 11.9 Å². The number of fused-ring (bicyclic) bond motifs is 1. The smallest absolute Gasteiger partial charge is 0.333 e. The molecular weight excluding hydrogens is 516 g/mol. The number of ketones is 1. The summed E-state index contributed by atoms with van der Waals surface area (Å²) in [5.41, 5.74) is -0.731. The van der Waals surface area contributed by atoms with Gasteiger partial charge in [-0.25, -0.2) is 4.79 Å². The van der Waals surface area contributed by atoms with E-state index in [1.807, 2.05) is 27.7 Å². The molecule has 0 bridgehead atoms. The van der Waals surface area contributed by atoms with Crippen LogP contribution in [0.4, 0.5) is 0 Å². The van der Waals surface area contributed by atoms with Crippen molar-refractivity contribution in [3.05, 3.63) is 42.5 Å². The maximum Gasteiger partial charge on any atom is 0.333 e. The van der Waals surface area contributed by atoms with E-state index in [0.717, 1.165) is 18.4 Å². The van der Waals surface area contributed by atoms with E-state index in [4.69, 9.17) is 8.92 Å². The SMILES string of the molecule is C=CC(C)(C)[C@@H](O)[C@H](CC)[C@]12CCC(=O)[C@H]1[C@](C)([C@@H](C)OC(=O)COS(=O)(=O)c1ccc(C)cc1)[C@H](C)CC2. The number of carbonyl (C=O) groups excluding carboxylic acids is 2. The maximum absolute atomic E-state index is 13.6. The van der Waals surface area contributed by atoms with Gasteiger partial charge in [-0.2, -0.15) is 8.42 Å². The second kappa shape index (κ2) is 11.5. The Balaban J connectivity index is 1.85. The van der Waals surface area contributed by atoms with Crippen LogP contribution < -0.4 is 0 Å². The van der Waals surface area contributed by atoms with E-state index in [-0.39, 0.29) is 22.5 Å². The average Bonchev–Trinajstić information content (AvgIpc) is 3.23. The molecule has 0 aromatic heterocycles. The Bertz CT molecular complexity index is 1170. The Morgan fingerprint density at radius 1 is 1.26 bits per heavy atom. The highest BCUT2D eigenvalue weighted by molar-refractivity contribution is 7.86. The highest BCUT2D eigenvalue weighted by Crippen LogP contribution is 2.66. The molecule has 0 spiro atoms. The first-order valence-corrected chi connectivity index (χ1v) is 15.5. The number of hydrogen-bond acceptors (Lipinski definition) is 7. The molecule has 0 amide bonds. The summed E-state index contributed by atoms with van der Waals surface area (Å²) < 4.78 is 36.0. The van der Waals surface area contributed by atoms with Crippen LogP contribution in [0.5, 0.6) is 0 Å². The average molecular weight is 563 g/mol. The molecule has 39 heavy (non-hydrogen) atoms. The van der Waals surface area contributed by atoms with Gasteiger partial charge in [0.15, 0.2) is 6.61 Å². The van der Waals surface area contributed by atoms with Gasteiger partial charge in [-0.3, -0.25) is 8.98 Å². The molecule has 0 heterocycles. The van der Waals surface area contributed by atoms with E-state index >= 15 is 0 Å². The number of ether oxygens (including phenoxy) is 1. The van der Waals surface area contributed by atoms with Crippen LogP contribution in [0.1, 0.15) is 79.2 Å². The minimum atomic E-state index is -4.12. The summed E-state index contributed by atoms with van der Waals surface area (Å²) in [5.74, 6) is -1.10. The fraction of sp³-hybridized carbons (Fsp3) is 0.677. The molecule has 0 aliphatic heterocycles. The number of aryl methyl sites for hydroxylation is 1. The van der Waals surface area contributed by atoms with Crippen LogP contribution in [0.2, 0.25) is 0 Å². The summed E-state index contributed by atoms with van der Waals surface area (Å²) in [7, 11) is -4.12. The first-order valence-electron chi connectivity index (χ1n) is 14.1. The first kappa shape index (κ1) is 31.5. The Morgan fingerprint density at radius 2 is 1.87 bits per heavy atom. The lowest BCUT2D eigenvalue weighted by atomic mass is 9.46. The number of Topliss-reactive ketones (excluding diaryl/α,β-unsaturated/α-hetero) is 1. The summed E-state index contributed by atoms with van der Waals surface area (Å²) >= 11 is 0. The quantitative estimate of drug-likeness (QED) is 0.211. The second-order valence-electron chi connectivity index (χ2n) is 12.6. The lowest BCUT2D eigenvalue weighted by Crippen LogP contribution is -2.59. The predicted molar refractivity (Wildman–Crippen MR) is 150 cm³/mol. The van der Waals surface area contributed by atoms with E-state index in [1.165, 1.54) is 12.1 Å². The Kier molecular flexibility index (Phi) is 9.25. The van der Waals surface area contributed by atoms with Gasteiger partial charge in [0.25, 0.3) is 10.1 Å². The zero-order valence-electron chi connectivity index (χ0n) is 24.5. The largest absolute Gasteiger partial charge is 0.460 e. The van der Waals surface area contributed by atoms with Crippen LogP contribution in [-0.4, -0.2) is 44.1 Å². The number of carbonyl (C=O) groups is 2. The summed E-state index contributed by atoms with van der Waals surface area (Å²) in [6, 6.07) is 6.18. The van der Waals surface area contributed by atoms with Crippen molar-refractivity contribution < 1.29 is 32.0 Å². The van der Waals surface area contributed by atoms with E-state index in [2.05, 4.69) is 20.4 Å². The summed E-state index contributed by atoms with van der Waals surface area (Å²) in [6.07, 6.45) is 3.93. The van der Waals surface area contributed by atoms with Gasteiger partial charge in [-0.05, 0) is 62.5 Å². The lowest BCUT2D eigenvalue weighted by Gasteiger charge is -2.58. The number of hydrogen-bond donors (Lipinski definition) is 1. The van der Waals surface area contributed by atoms with Gasteiger partial charge in [-0.15, -0.1) is 6.58 Å². The van der Waals surface area contributed by atoms with Crippen LogP contribution in [0.3, 0.4) is 0 Å². The molecule has 0 saturated heterocycles. The van der Waals surface area contributed by atoms with Crippen LogP contribution in [-0.2, 0) is 28.6 Å². The van der Waals surface area contributed by atoms with Crippen LogP contribution >= 0.6 is 0 Å². The zero-order chi connectivity index (χ0) is 29.4. The molecule has 7 atom stereocenters. The lowest BCUT2D eigenvalue weighted by molar-refractivity contribution is -0.186. The van der Waals surface area contributed by atoms with Crippen molar-refractivity contribution in [3.8, 4) is 0 Å². The molecule has 0 radical (unpaired) electrons. The van der Waals surface area contributed by atoms with Gasteiger partial charge >= 0.3 is 5.97 Å².